The van der Waals surface area contributed by atoms with Gasteiger partial charge in [0.15, 0.2) is 5.58 Å². The van der Waals surface area contributed by atoms with Gasteiger partial charge in [-0.1, -0.05) is 42.5 Å². The van der Waals surface area contributed by atoms with Gasteiger partial charge in [0.2, 0.25) is 0 Å². The Hall–Kier alpha value is -4.19. The van der Waals surface area contributed by atoms with E-state index < -0.39 is 5.97 Å². The summed E-state index contributed by atoms with van der Waals surface area (Å²) < 4.78 is 18.8. The van der Waals surface area contributed by atoms with Gasteiger partial charge in [-0.15, -0.1) is 0 Å². The van der Waals surface area contributed by atoms with Crippen LogP contribution < -0.4 is 9.47 Å². The Morgan fingerprint density at radius 2 is 1.66 bits per heavy atom. The third-order valence-corrected chi connectivity index (χ3v) is 5.68. The number of para-hydroxylation sites is 2. The van der Waals surface area contributed by atoms with E-state index in [-0.39, 0.29) is 5.69 Å². The van der Waals surface area contributed by atoms with Crippen LogP contribution in [-0.2, 0) is 6.54 Å². The molecule has 0 unspecified atom stereocenters. The normalized spacial score (nSPS) is 11.2. The van der Waals surface area contributed by atoms with E-state index in [4.69, 9.17) is 13.9 Å². The summed E-state index contributed by atoms with van der Waals surface area (Å²) in [7, 11) is 3.21. The second kappa shape index (κ2) is 7.81. The summed E-state index contributed by atoms with van der Waals surface area (Å²) in [6.07, 6.45) is 0. The Labute approximate surface area is 184 Å². The van der Waals surface area contributed by atoms with E-state index in [0.29, 0.717) is 34.8 Å². The van der Waals surface area contributed by atoms with Crippen LogP contribution in [0.15, 0.2) is 77.2 Å². The molecule has 0 fully saturated rings. The van der Waals surface area contributed by atoms with Crippen molar-refractivity contribution >= 4 is 28.0 Å². The van der Waals surface area contributed by atoms with Gasteiger partial charge in [-0.25, -0.2) is 4.79 Å². The molecular formula is C26H21NO5. The molecule has 6 nitrogen and oxygen atoms in total. The van der Waals surface area contributed by atoms with Crippen molar-refractivity contribution in [2.45, 2.75) is 6.54 Å². The number of fused-ring (bicyclic) bond motifs is 3. The molecule has 6 heteroatoms. The van der Waals surface area contributed by atoms with Gasteiger partial charge in [0.25, 0.3) is 0 Å². The molecule has 2 heterocycles. The molecule has 0 saturated heterocycles. The van der Waals surface area contributed by atoms with Crippen molar-refractivity contribution in [3.8, 4) is 22.6 Å². The molecule has 0 bridgehead atoms. The number of rotatable bonds is 6. The lowest BCUT2D eigenvalue weighted by molar-refractivity contribution is 0.0687. The number of furan rings is 1. The van der Waals surface area contributed by atoms with Crippen molar-refractivity contribution in [1.29, 1.82) is 0 Å². The lowest BCUT2D eigenvalue weighted by Crippen LogP contribution is -2.11. The summed E-state index contributed by atoms with van der Waals surface area (Å²) in [5, 5.41) is 11.1. The van der Waals surface area contributed by atoms with Crippen molar-refractivity contribution in [1.82, 2.24) is 4.57 Å². The smallest absolute Gasteiger partial charge is 0.353 e. The monoisotopic (exact) mass is 427 g/mol. The number of aromatic carboxylic acids is 1. The van der Waals surface area contributed by atoms with Gasteiger partial charge in [-0.3, -0.25) is 0 Å². The Bertz CT molecular complexity index is 1440. The fraction of sp³-hybridized carbons (Fsp3) is 0.115. The van der Waals surface area contributed by atoms with Crippen molar-refractivity contribution in [3.05, 3.63) is 84.1 Å². The Kier molecular flexibility index (Phi) is 4.82. The molecule has 1 N–H and O–H groups in total. The average Bonchev–Trinajstić information content (AvgIpc) is 3.34. The molecular weight excluding hydrogens is 406 g/mol. The number of nitrogens with zero attached hydrogens (tertiary/aromatic N) is 1. The van der Waals surface area contributed by atoms with E-state index in [1.165, 1.54) is 0 Å². The van der Waals surface area contributed by atoms with Crippen molar-refractivity contribution in [2.24, 2.45) is 0 Å². The van der Waals surface area contributed by atoms with E-state index in [1.807, 2.05) is 72.8 Å². The minimum atomic E-state index is -1.03. The van der Waals surface area contributed by atoms with Crippen LogP contribution in [0, 0.1) is 0 Å². The van der Waals surface area contributed by atoms with Crippen LogP contribution in [0.3, 0.4) is 0 Å². The van der Waals surface area contributed by atoms with E-state index in [0.717, 1.165) is 22.0 Å². The van der Waals surface area contributed by atoms with Crippen LogP contribution in [0.25, 0.3) is 33.2 Å². The molecule has 32 heavy (non-hydrogen) atoms. The molecule has 2 aromatic heterocycles. The summed E-state index contributed by atoms with van der Waals surface area (Å²) in [6.45, 7) is 0.321. The fourth-order valence-corrected chi connectivity index (χ4v) is 4.23. The van der Waals surface area contributed by atoms with E-state index in [2.05, 4.69) is 0 Å². The van der Waals surface area contributed by atoms with Crippen LogP contribution in [0.4, 0.5) is 0 Å². The molecule has 0 atom stereocenters. The summed E-state index contributed by atoms with van der Waals surface area (Å²) in [6, 6.07) is 22.6. The average molecular weight is 427 g/mol. The largest absolute Gasteiger partial charge is 0.497 e. The predicted molar refractivity (Wildman–Crippen MR) is 123 cm³/mol. The number of methoxy groups -OCH3 is 2. The zero-order valence-electron chi connectivity index (χ0n) is 17.7. The number of carboxylic acid groups (broad SMARTS) is 1. The van der Waals surface area contributed by atoms with Gasteiger partial charge in [0.05, 0.1) is 31.8 Å². The molecule has 5 aromatic rings. The zero-order valence-corrected chi connectivity index (χ0v) is 17.7. The summed E-state index contributed by atoms with van der Waals surface area (Å²) in [5.74, 6) is 0.366. The summed E-state index contributed by atoms with van der Waals surface area (Å²) >= 11 is 0. The Balaban J connectivity index is 1.85. The number of hydrogen-bond donors (Lipinski definition) is 1. The minimum Gasteiger partial charge on any atom is -0.497 e. The maximum Gasteiger partial charge on any atom is 0.353 e. The van der Waals surface area contributed by atoms with E-state index in [9.17, 15) is 9.90 Å². The van der Waals surface area contributed by atoms with Crippen LogP contribution >= 0.6 is 0 Å². The van der Waals surface area contributed by atoms with Crippen molar-refractivity contribution < 1.29 is 23.8 Å². The number of aromatic nitrogens is 1. The Morgan fingerprint density at radius 3 is 2.38 bits per heavy atom. The maximum absolute atomic E-state index is 12.6. The molecule has 0 aliphatic heterocycles. The minimum absolute atomic E-state index is 0.167. The molecule has 0 radical (unpaired) electrons. The number of benzene rings is 3. The van der Waals surface area contributed by atoms with Crippen molar-refractivity contribution in [2.75, 3.05) is 14.2 Å². The van der Waals surface area contributed by atoms with Crippen LogP contribution in [-0.4, -0.2) is 29.9 Å². The molecule has 0 aliphatic rings. The van der Waals surface area contributed by atoms with Crippen LogP contribution in [0.1, 0.15) is 16.1 Å². The summed E-state index contributed by atoms with van der Waals surface area (Å²) in [4.78, 5) is 12.6. The first kappa shape index (κ1) is 19.8. The SMILES string of the molecule is COc1ccc(-c2c(C(=O)O)n(Cc3ccccc3OC)c3c2oc2ccccc23)cc1. The highest BCUT2D eigenvalue weighted by atomic mass is 16.5. The van der Waals surface area contributed by atoms with Crippen LogP contribution in [0.5, 0.6) is 11.5 Å². The lowest BCUT2D eigenvalue weighted by atomic mass is 10.0. The molecule has 0 saturated carbocycles. The number of carboxylic acids is 1. The number of hydrogen-bond acceptors (Lipinski definition) is 4. The lowest BCUT2D eigenvalue weighted by Gasteiger charge is -2.13. The first-order valence-electron chi connectivity index (χ1n) is 10.2. The predicted octanol–water partition coefficient (Wildman–Crippen LogP) is 5.82. The fourth-order valence-electron chi connectivity index (χ4n) is 4.23. The Morgan fingerprint density at radius 1 is 0.938 bits per heavy atom. The number of ether oxygens (including phenoxy) is 2. The summed E-state index contributed by atoms with van der Waals surface area (Å²) in [5.41, 5.74) is 4.32. The maximum atomic E-state index is 12.6. The van der Waals surface area contributed by atoms with E-state index >= 15 is 0 Å². The highest BCUT2D eigenvalue weighted by Gasteiger charge is 2.28. The second-order valence-corrected chi connectivity index (χ2v) is 7.43. The van der Waals surface area contributed by atoms with Gasteiger partial charge < -0.3 is 23.6 Å². The van der Waals surface area contributed by atoms with E-state index in [1.54, 1.807) is 18.8 Å². The highest BCUT2D eigenvalue weighted by Crippen LogP contribution is 2.41. The second-order valence-electron chi connectivity index (χ2n) is 7.43. The quantitative estimate of drug-likeness (QED) is 0.370. The first-order chi connectivity index (χ1) is 15.6. The molecule has 0 amide bonds. The topological polar surface area (TPSA) is 73.8 Å². The molecule has 0 aliphatic carbocycles. The first-order valence-corrected chi connectivity index (χ1v) is 10.2. The third-order valence-electron chi connectivity index (χ3n) is 5.68. The third kappa shape index (κ3) is 3.08. The van der Waals surface area contributed by atoms with Gasteiger partial charge in [0.1, 0.15) is 22.8 Å². The standard InChI is InChI=1S/C26H21NO5/c1-30-18-13-11-16(12-14-18)22-24(26(28)29)27(15-17-7-3-5-9-20(17)31-2)23-19-8-4-6-10-21(19)32-25(22)23/h3-14H,15H2,1-2H3,(H,28,29). The molecule has 160 valence electrons. The zero-order chi connectivity index (χ0) is 22.2. The highest BCUT2D eigenvalue weighted by molar-refractivity contribution is 6.14. The van der Waals surface area contributed by atoms with Crippen molar-refractivity contribution in [3.63, 3.8) is 0 Å². The van der Waals surface area contributed by atoms with Crippen LogP contribution in [0.2, 0.25) is 0 Å². The molecule has 3 aromatic carbocycles. The number of carbonyl (C=O) groups is 1. The molecule has 0 spiro atoms. The van der Waals surface area contributed by atoms with Gasteiger partial charge in [0, 0.05) is 10.9 Å². The van der Waals surface area contributed by atoms with Gasteiger partial charge in [-0.05, 0) is 35.9 Å². The van der Waals surface area contributed by atoms with Gasteiger partial charge in [-0.2, -0.15) is 0 Å². The van der Waals surface area contributed by atoms with Gasteiger partial charge >= 0.3 is 5.97 Å². The molecule has 5 rings (SSSR count).